The summed E-state index contributed by atoms with van der Waals surface area (Å²) in [6.45, 7) is 31.6. The molecule has 0 aliphatic carbocycles. The van der Waals surface area contributed by atoms with E-state index in [0.29, 0.717) is 0 Å². The van der Waals surface area contributed by atoms with Gasteiger partial charge in [-0.25, -0.2) is 0 Å². The molecule has 1 heterocycles. The zero-order chi connectivity index (χ0) is 17.6. The molecular formula is C18H42Si4. The second-order valence-electron chi connectivity index (χ2n) is 9.49. The Bertz CT molecular complexity index is 374. The highest BCUT2D eigenvalue weighted by molar-refractivity contribution is 7.95. The van der Waals surface area contributed by atoms with Crippen molar-refractivity contribution in [3.8, 4) is 0 Å². The van der Waals surface area contributed by atoms with E-state index < -0.39 is 14.2 Å². The van der Waals surface area contributed by atoms with Crippen LogP contribution in [0, 0.1) is 0 Å². The maximum atomic E-state index is 2.64. The zero-order valence-corrected chi connectivity index (χ0v) is 21.5. The van der Waals surface area contributed by atoms with E-state index in [-0.39, 0.29) is 14.8 Å². The van der Waals surface area contributed by atoms with Gasteiger partial charge in [0.2, 0.25) is 0 Å². The number of hydrogen-bond acceptors (Lipinski definition) is 0. The number of rotatable bonds is 6. The Morgan fingerprint density at radius 2 is 0.591 bits per heavy atom. The predicted molar refractivity (Wildman–Crippen MR) is 114 cm³/mol. The summed E-state index contributed by atoms with van der Waals surface area (Å²) in [5, 5.41) is 0. The third kappa shape index (κ3) is 2.46. The molecule has 22 heavy (non-hydrogen) atoms. The van der Waals surface area contributed by atoms with Crippen LogP contribution >= 0.6 is 0 Å². The van der Waals surface area contributed by atoms with Crippen molar-refractivity contribution in [2.45, 2.75) is 116 Å². The van der Waals surface area contributed by atoms with Crippen molar-refractivity contribution in [2.75, 3.05) is 0 Å². The van der Waals surface area contributed by atoms with E-state index in [2.05, 4.69) is 83.1 Å². The van der Waals surface area contributed by atoms with Crippen LogP contribution < -0.4 is 0 Å². The molecule has 0 saturated heterocycles. The quantitative estimate of drug-likeness (QED) is 0.458. The van der Waals surface area contributed by atoms with Crippen LogP contribution in [-0.2, 0) is 0 Å². The molecule has 0 nitrogen and oxygen atoms in total. The van der Waals surface area contributed by atoms with Crippen LogP contribution in [0.3, 0.4) is 0 Å². The summed E-state index contributed by atoms with van der Waals surface area (Å²) in [7, 11) is -2.46. The summed E-state index contributed by atoms with van der Waals surface area (Å²) >= 11 is 0. The molecule has 130 valence electrons. The van der Waals surface area contributed by atoms with Gasteiger partial charge < -0.3 is 0 Å². The first kappa shape index (κ1) is 20.9. The molecule has 0 aromatic heterocycles. The summed E-state index contributed by atoms with van der Waals surface area (Å²) in [6, 6.07) is 0. The molecule has 0 aromatic carbocycles. The van der Waals surface area contributed by atoms with E-state index in [9.17, 15) is 0 Å². The average Bonchev–Trinajstić information content (AvgIpc) is 2.24. The van der Waals surface area contributed by atoms with Crippen LogP contribution in [0.1, 0.15) is 83.1 Å². The third-order valence-electron chi connectivity index (χ3n) is 6.66. The lowest BCUT2D eigenvalue weighted by molar-refractivity contribution is 0.883. The van der Waals surface area contributed by atoms with E-state index in [1.54, 1.807) is 0 Å². The Hall–Kier alpha value is 0.868. The van der Waals surface area contributed by atoms with Crippen molar-refractivity contribution in [3.63, 3.8) is 0 Å². The lowest BCUT2D eigenvalue weighted by atomic mass is 10.5. The fourth-order valence-corrected chi connectivity index (χ4v) is 127. The number of hydrogen-bond donors (Lipinski definition) is 0. The molecule has 1 aliphatic heterocycles. The van der Waals surface area contributed by atoms with Gasteiger partial charge in [0, 0.05) is 0 Å². The molecule has 0 amide bonds. The van der Waals surface area contributed by atoms with E-state index in [4.69, 9.17) is 0 Å². The molecule has 1 aliphatic rings. The van der Waals surface area contributed by atoms with Gasteiger partial charge in [-0.15, -0.1) is 0 Å². The highest BCUT2D eigenvalue weighted by Crippen LogP contribution is 2.58. The van der Waals surface area contributed by atoms with E-state index >= 15 is 0 Å². The van der Waals surface area contributed by atoms with Crippen molar-refractivity contribution < 1.29 is 0 Å². The fourth-order valence-electron chi connectivity index (χ4n) is 6.89. The Kier molecular flexibility index (Phi) is 6.66. The van der Waals surface area contributed by atoms with Crippen LogP contribution in [0.2, 0.25) is 33.2 Å². The molecule has 0 aromatic rings. The summed E-state index contributed by atoms with van der Waals surface area (Å²) < 4.78 is 0. The molecule has 0 radical (unpaired) electrons. The minimum Gasteiger partial charge on any atom is -0.0654 e. The van der Waals surface area contributed by atoms with E-state index in [1.165, 1.54) is 0 Å². The lowest BCUT2D eigenvalue weighted by Gasteiger charge is -2.69. The summed E-state index contributed by atoms with van der Waals surface area (Å²) in [5.41, 5.74) is 6.13. The average molecular weight is 371 g/mol. The fraction of sp³-hybridized carbons (Fsp3) is 1.00. The molecular weight excluding hydrogens is 329 g/mol. The van der Waals surface area contributed by atoms with Gasteiger partial charge in [-0.2, -0.15) is 0 Å². The van der Waals surface area contributed by atoms with Gasteiger partial charge in [-0.3, -0.25) is 0 Å². The van der Waals surface area contributed by atoms with Crippen molar-refractivity contribution >= 4 is 29.0 Å². The molecule has 0 saturated carbocycles. The predicted octanol–water partition coefficient (Wildman–Crippen LogP) is 6.66. The summed E-state index contributed by atoms with van der Waals surface area (Å²) in [6.07, 6.45) is 0. The Morgan fingerprint density at radius 1 is 0.409 bits per heavy atom. The van der Waals surface area contributed by atoms with Gasteiger partial charge in [0.05, 0.1) is 14.2 Å². The van der Waals surface area contributed by atoms with Crippen LogP contribution in [0.5, 0.6) is 0 Å². The molecule has 0 spiro atoms. The molecule has 4 heteroatoms. The van der Waals surface area contributed by atoms with Crippen LogP contribution in [0.15, 0.2) is 0 Å². The highest BCUT2D eigenvalue weighted by atomic mass is 30.0. The van der Waals surface area contributed by atoms with Gasteiger partial charge in [0.15, 0.2) is 0 Å². The molecule has 0 atom stereocenters. The van der Waals surface area contributed by atoms with Crippen molar-refractivity contribution in [1.82, 2.24) is 0 Å². The summed E-state index contributed by atoms with van der Waals surface area (Å²) in [4.78, 5) is 0. The third-order valence-corrected chi connectivity index (χ3v) is 85.6. The molecule has 0 N–H and O–H groups in total. The van der Waals surface area contributed by atoms with Crippen molar-refractivity contribution in [3.05, 3.63) is 0 Å². The Labute approximate surface area is 145 Å². The van der Waals surface area contributed by atoms with Gasteiger partial charge in [0.25, 0.3) is 0 Å². The topological polar surface area (TPSA) is 0 Å². The molecule has 0 fully saturated rings. The monoisotopic (exact) mass is 370 g/mol. The second kappa shape index (κ2) is 7.01. The largest absolute Gasteiger partial charge is 0.0654 e. The SMILES string of the molecule is CC(C)[Si]1=[Si](C(C)C)[Si](C(C)C)(C(C)C)[Si]1(C(C)C)C(C)C. The van der Waals surface area contributed by atoms with Gasteiger partial charge in [0.1, 0.15) is 0 Å². The van der Waals surface area contributed by atoms with E-state index in [0.717, 1.165) is 33.2 Å². The maximum Gasteiger partial charge on any atom is 0.0599 e. The molecule has 1 rings (SSSR count). The molecule has 0 bridgehead atoms. The van der Waals surface area contributed by atoms with Crippen molar-refractivity contribution in [2.24, 2.45) is 0 Å². The van der Waals surface area contributed by atoms with Crippen LogP contribution in [0.4, 0.5) is 0 Å². The van der Waals surface area contributed by atoms with Gasteiger partial charge in [-0.1, -0.05) is 105 Å². The van der Waals surface area contributed by atoms with Crippen LogP contribution in [-0.4, -0.2) is 29.0 Å². The van der Waals surface area contributed by atoms with E-state index in [1.807, 2.05) is 0 Å². The Balaban J connectivity index is 3.91. The highest BCUT2D eigenvalue weighted by Gasteiger charge is 2.71. The zero-order valence-electron chi connectivity index (χ0n) is 17.5. The van der Waals surface area contributed by atoms with Gasteiger partial charge >= 0.3 is 0 Å². The minimum absolute atomic E-state index is 0.0924. The maximum absolute atomic E-state index is 2.64. The smallest absolute Gasteiger partial charge is 0.0599 e. The minimum atomic E-state index is -1.14. The van der Waals surface area contributed by atoms with Gasteiger partial charge in [-0.05, 0) is 25.9 Å². The normalized spacial score (nSPS) is 21.0. The summed E-state index contributed by atoms with van der Waals surface area (Å²) in [5.74, 6) is 0. The first-order valence-corrected chi connectivity index (χ1v) is 21.1. The first-order chi connectivity index (χ1) is 9.91. The molecule has 0 unspecified atom stereocenters. The first-order valence-electron chi connectivity index (χ1n) is 9.66. The standard InChI is InChI=1S/C18H42Si4/c1-13(2)19-20(14(3)4)22(17(9)10,18(11)12)21(19,15(5)6)16(7)8/h13-18H,1-12H3. The lowest BCUT2D eigenvalue weighted by Crippen LogP contribution is -2.90. The van der Waals surface area contributed by atoms with Crippen molar-refractivity contribution in [1.29, 1.82) is 0 Å². The second-order valence-corrected chi connectivity index (χ2v) is 43.9. The Morgan fingerprint density at radius 3 is 0.682 bits per heavy atom. The van der Waals surface area contributed by atoms with Crippen LogP contribution in [0.25, 0.3) is 0 Å².